The van der Waals surface area contributed by atoms with Crippen LogP contribution in [0.1, 0.15) is 36.4 Å². The van der Waals surface area contributed by atoms with Gasteiger partial charge in [-0.05, 0) is 54.3 Å². The Balaban J connectivity index is 1.24. The maximum absolute atomic E-state index is 12.2. The van der Waals surface area contributed by atoms with Crippen LogP contribution in [0.15, 0.2) is 60.8 Å². The third-order valence-electron chi connectivity index (χ3n) is 6.86. The minimum atomic E-state index is -3.07. The smallest absolute Gasteiger partial charge is 0.214 e. The first-order chi connectivity index (χ1) is 15.1. The zero-order chi connectivity index (χ0) is 21.3. The van der Waals surface area contributed by atoms with Crippen LogP contribution in [0.3, 0.4) is 0 Å². The highest BCUT2D eigenvalue weighted by Crippen LogP contribution is 2.29. The van der Waals surface area contributed by atoms with E-state index in [0.717, 1.165) is 50.9 Å². The maximum atomic E-state index is 12.2. The molecule has 0 saturated carbocycles. The van der Waals surface area contributed by atoms with Crippen molar-refractivity contribution in [3.8, 4) is 0 Å². The third-order valence-corrected chi connectivity index (χ3v) is 8.76. The highest BCUT2D eigenvalue weighted by atomic mass is 32.2. The molecule has 31 heavy (non-hydrogen) atoms. The zero-order valence-electron chi connectivity index (χ0n) is 18.0. The van der Waals surface area contributed by atoms with Gasteiger partial charge in [0.2, 0.25) is 10.0 Å². The van der Waals surface area contributed by atoms with Crippen LogP contribution in [0.4, 0.5) is 0 Å². The molecule has 1 aromatic heterocycles. The van der Waals surface area contributed by atoms with Gasteiger partial charge in [0.1, 0.15) is 0 Å². The molecule has 5 rings (SSSR count). The van der Waals surface area contributed by atoms with Crippen LogP contribution in [0.2, 0.25) is 0 Å². The maximum Gasteiger partial charge on any atom is 0.214 e. The fourth-order valence-electron chi connectivity index (χ4n) is 5.04. The van der Waals surface area contributed by atoms with Gasteiger partial charge in [-0.3, -0.25) is 0 Å². The minimum Gasteiger partial charge on any atom is -0.344 e. The van der Waals surface area contributed by atoms with E-state index in [1.54, 1.807) is 4.31 Å². The van der Waals surface area contributed by atoms with Crippen molar-refractivity contribution >= 4 is 20.9 Å². The zero-order valence-corrected chi connectivity index (χ0v) is 18.8. The Morgan fingerprint density at radius 2 is 1.71 bits per heavy atom. The minimum absolute atomic E-state index is 0.286. The second-order valence-corrected chi connectivity index (χ2v) is 11.0. The van der Waals surface area contributed by atoms with Crippen molar-refractivity contribution in [2.45, 2.75) is 38.3 Å². The summed E-state index contributed by atoms with van der Waals surface area (Å²) in [6.45, 7) is 4.51. The van der Waals surface area contributed by atoms with Gasteiger partial charge in [0.05, 0.1) is 5.75 Å². The predicted molar refractivity (Wildman–Crippen MR) is 126 cm³/mol. The molecule has 2 aromatic carbocycles. The van der Waals surface area contributed by atoms with Gasteiger partial charge in [-0.2, -0.15) is 4.31 Å². The number of hydrogen-bond acceptors (Lipinski definition) is 3. The van der Waals surface area contributed by atoms with E-state index in [1.807, 2.05) is 0 Å². The second kappa shape index (κ2) is 8.77. The number of hydrogen-bond donors (Lipinski definition) is 0. The molecular formula is C25H31N3O2S. The lowest BCUT2D eigenvalue weighted by Gasteiger charge is -2.33. The van der Waals surface area contributed by atoms with Gasteiger partial charge in [-0.15, -0.1) is 0 Å². The van der Waals surface area contributed by atoms with Crippen molar-refractivity contribution in [2.75, 3.05) is 31.9 Å². The number of fused-ring (bicyclic) bond motifs is 1. The van der Waals surface area contributed by atoms with E-state index >= 15 is 0 Å². The normalized spacial score (nSPS) is 20.5. The summed E-state index contributed by atoms with van der Waals surface area (Å²) in [5, 5.41) is 1.24. The number of sulfonamides is 1. The van der Waals surface area contributed by atoms with Crippen LogP contribution in [0.5, 0.6) is 0 Å². The molecule has 2 fully saturated rings. The van der Waals surface area contributed by atoms with E-state index in [9.17, 15) is 8.42 Å². The molecule has 6 heteroatoms. The average molecular weight is 438 g/mol. The number of aromatic nitrogens is 1. The van der Waals surface area contributed by atoms with Crippen LogP contribution in [-0.2, 0) is 23.0 Å². The lowest BCUT2D eigenvalue weighted by molar-refractivity contribution is 0.190. The van der Waals surface area contributed by atoms with Crippen molar-refractivity contribution < 1.29 is 8.42 Å². The van der Waals surface area contributed by atoms with Gasteiger partial charge >= 0.3 is 0 Å². The molecule has 3 heterocycles. The highest BCUT2D eigenvalue weighted by molar-refractivity contribution is 7.89. The quantitative estimate of drug-likeness (QED) is 0.584. The van der Waals surface area contributed by atoms with E-state index in [2.05, 4.69) is 70.3 Å². The van der Waals surface area contributed by atoms with Crippen LogP contribution < -0.4 is 0 Å². The molecule has 0 aliphatic carbocycles. The molecule has 0 amide bonds. The Morgan fingerprint density at radius 3 is 2.45 bits per heavy atom. The van der Waals surface area contributed by atoms with Crippen molar-refractivity contribution in [3.05, 3.63) is 71.9 Å². The Bertz CT molecular complexity index is 1130. The number of benzene rings is 2. The highest BCUT2D eigenvalue weighted by Gasteiger charge is 2.28. The molecule has 0 unspecified atom stereocenters. The van der Waals surface area contributed by atoms with Gasteiger partial charge in [-0.25, -0.2) is 8.42 Å². The van der Waals surface area contributed by atoms with E-state index < -0.39 is 10.0 Å². The Labute approximate surface area is 185 Å². The number of nitrogens with zero attached hydrogens (tertiary/aromatic N) is 3. The van der Waals surface area contributed by atoms with Gasteiger partial charge < -0.3 is 9.47 Å². The molecule has 0 N–H and O–H groups in total. The SMILES string of the molecule is O=S1(=O)CCCN1Cc1ccc2ccn(C3CCN(CCc4ccccc4)CC3)c2c1. The van der Waals surface area contributed by atoms with Crippen LogP contribution >= 0.6 is 0 Å². The molecule has 2 saturated heterocycles. The Kier molecular flexibility index (Phi) is 5.87. The number of likely N-dealkylation sites (tertiary alicyclic amines) is 1. The average Bonchev–Trinajstić information content (AvgIpc) is 3.36. The van der Waals surface area contributed by atoms with Gasteiger partial charge in [0, 0.05) is 50.5 Å². The van der Waals surface area contributed by atoms with Gasteiger partial charge in [-0.1, -0.05) is 42.5 Å². The predicted octanol–water partition coefficient (Wildman–Crippen LogP) is 4.06. The van der Waals surface area contributed by atoms with Crippen LogP contribution in [0, 0.1) is 0 Å². The number of rotatable bonds is 6. The summed E-state index contributed by atoms with van der Waals surface area (Å²) in [6, 6.07) is 19.8. The molecule has 0 bridgehead atoms. The van der Waals surface area contributed by atoms with Gasteiger partial charge in [0.25, 0.3) is 0 Å². The first-order valence-corrected chi connectivity index (χ1v) is 13.0. The molecule has 164 valence electrons. The van der Waals surface area contributed by atoms with E-state index in [4.69, 9.17) is 0 Å². The fraction of sp³-hybridized carbons (Fsp3) is 0.440. The van der Waals surface area contributed by atoms with Crippen molar-refractivity contribution in [1.82, 2.24) is 13.8 Å². The van der Waals surface area contributed by atoms with E-state index in [0.29, 0.717) is 19.1 Å². The molecule has 2 aliphatic rings. The molecule has 0 spiro atoms. The molecule has 5 nitrogen and oxygen atoms in total. The summed E-state index contributed by atoms with van der Waals surface area (Å²) in [5.74, 6) is 0.286. The second-order valence-electron chi connectivity index (χ2n) is 8.93. The summed E-state index contributed by atoms with van der Waals surface area (Å²) in [5.41, 5.74) is 3.73. The van der Waals surface area contributed by atoms with Crippen molar-refractivity contribution in [2.24, 2.45) is 0 Å². The topological polar surface area (TPSA) is 45.6 Å². The summed E-state index contributed by atoms with van der Waals surface area (Å²) < 4.78 is 28.4. The standard InChI is InChI=1S/C25H31N3O2S/c29-31(30)18-4-13-27(31)20-22-7-8-23-10-17-28(25(23)19-22)24-11-15-26(16-12-24)14-9-21-5-2-1-3-6-21/h1-3,5-8,10,17,19,24H,4,9,11-16,18,20H2. The van der Waals surface area contributed by atoms with E-state index in [1.165, 1.54) is 16.5 Å². The van der Waals surface area contributed by atoms with Crippen LogP contribution in [-0.4, -0.2) is 54.1 Å². The largest absolute Gasteiger partial charge is 0.344 e. The molecule has 3 aromatic rings. The first kappa shape index (κ1) is 20.7. The Hall–Kier alpha value is -2.15. The van der Waals surface area contributed by atoms with Crippen molar-refractivity contribution in [1.29, 1.82) is 0 Å². The van der Waals surface area contributed by atoms with Crippen molar-refractivity contribution in [3.63, 3.8) is 0 Å². The molecule has 0 atom stereocenters. The number of piperidine rings is 1. The Morgan fingerprint density at radius 1 is 0.903 bits per heavy atom. The summed E-state index contributed by atoms with van der Waals surface area (Å²) in [4.78, 5) is 2.58. The molecular weight excluding hydrogens is 406 g/mol. The molecule has 0 radical (unpaired) electrons. The van der Waals surface area contributed by atoms with Gasteiger partial charge in [0.15, 0.2) is 0 Å². The van der Waals surface area contributed by atoms with E-state index in [-0.39, 0.29) is 5.75 Å². The van der Waals surface area contributed by atoms with Crippen LogP contribution in [0.25, 0.3) is 10.9 Å². The monoisotopic (exact) mass is 437 g/mol. The summed E-state index contributed by atoms with van der Waals surface area (Å²) >= 11 is 0. The fourth-order valence-corrected chi connectivity index (χ4v) is 6.54. The lowest BCUT2D eigenvalue weighted by atomic mass is 10.0. The first-order valence-electron chi connectivity index (χ1n) is 11.4. The lowest BCUT2D eigenvalue weighted by Crippen LogP contribution is -2.35. The summed E-state index contributed by atoms with van der Waals surface area (Å²) in [7, 11) is -3.07. The molecule has 2 aliphatic heterocycles. The third kappa shape index (κ3) is 4.56. The summed E-state index contributed by atoms with van der Waals surface area (Å²) in [6.07, 6.45) is 6.38.